The molecule has 2 heterocycles. The van der Waals surface area contributed by atoms with Gasteiger partial charge in [0.05, 0.1) is 26.4 Å². The Morgan fingerprint density at radius 2 is 1.93 bits per heavy atom. The number of methoxy groups -OCH3 is 1. The van der Waals surface area contributed by atoms with E-state index in [9.17, 15) is 9.90 Å². The second-order valence-electron chi connectivity index (χ2n) is 15.1. The molecule has 2 aromatic rings. The predicted octanol–water partition coefficient (Wildman–Crippen LogP) is 4.13. The van der Waals surface area contributed by atoms with E-state index < -0.39 is 12.1 Å². The Kier molecular flexibility index (Phi) is 9.70. The molecular formula is C37H55N5O4. The van der Waals surface area contributed by atoms with Gasteiger partial charge in [-0.2, -0.15) is 5.06 Å². The number of hydrogen-bond acceptors (Lipinski definition) is 8. The first-order valence-electron chi connectivity index (χ1n) is 17.3. The van der Waals surface area contributed by atoms with Gasteiger partial charge in [-0.3, -0.25) is 14.5 Å². The molecule has 7 rings (SSSR count). The summed E-state index contributed by atoms with van der Waals surface area (Å²) in [5, 5.41) is 19.4. The number of nitrogens with one attached hydrogen (secondary N) is 2. The lowest BCUT2D eigenvalue weighted by molar-refractivity contribution is -0.161. The third-order valence-electron chi connectivity index (χ3n) is 11.8. The van der Waals surface area contributed by atoms with Gasteiger partial charge in [0.2, 0.25) is 5.91 Å². The minimum absolute atomic E-state index is 0.0503. The van der Waals surface area contributed by atoms with Crippen LogP contribution in [0.15, 0.2) is 36.4 Å². The van der Waals surface area contributed by atoms with Gasteiger partial charge in [-0.25, -0.2) is 0 Å². The maximum atomic E-state index is 14.0. The van der Waals surface area contributed by atoms with Crippen LogP contribution in [0.25, 0.3) is 11.1 Å². The second kappa shape index (κ2) is 13.4. The van der Waals surface area contributed by atoms with Gasteiger partial charge in [0.25, 0.3) is 0 Å². The molecule has 2 saturated heterocycles. The van der Waals surface area contributed by atoms with Crippen molar-refractivity contribution in [3.63, 3.8) is 0 Å². The lowest BCUT2D eigenvalue weighted by Crippen LogP contribution is -2.62. The van der Waals surface area contributed by atoms with Crippen LogP contribution in [0.2, 0.25) is 0 Å². The summed E-state index contributed by atoms with van der Waals surface area (Å²) in [7, 11) is 5.87. The molecule has 46 heavy (non-hydrogen) atoms. The number of rotatable bonds is 10. The van der Waals surface area contributed by atoms with Crippen molar-refractivity contribution in [1.82, 2.24) is 20.6 Å². The first kappa shape index (κ1) is 33.2. The fourth-order valence-electron chi connectivity index (χ4n) is 8.70. The van der Waals surface area contributed by atoms with Gasteiger partial charge < -0.3 is 25.4 Å². The highest BCUT2D eigenvalue weighted by Gasteiger charge is 2.57. The number of carbonyl (C=O) groups excluding carboxylic acids is 1. The normalized spacial score (nSPS) is 30.0. The van der Waals surface area contributed by atoms with Crippen molar-refractivity contribution in [3.8, 4) is 16.9 Å². The molecule has 3 N–H and O–H groups in total. The third kappa shape index (κ3) is 6.41. The monoisotopic (exact) mass is 633 g/mol. The molecule has 9 heteroatoms. The number of amides is 1. The van der Waals surface area contributed by atoms with Crippen molar-refractivity contribution in [2.24, 2.45) is 29.1 Å². The standard InChI is InChI=1S/C37H55N5O4/c1-23-32-18-28(37(32,3)4)19-33(23)39-36(44)34-31(24(2)43)22-46-42(34)21-26-9-8-10-30(35(26)45-7)27-15-25(16-29(17-27)40(5)6)20-41-13-11-38-12-14-41/h8-10,15-17,23-24,28,31-34,38,43H,11-14,18-22H2,1-7H3,(H,39,44)/t23-,24-,28+,31+,32-,33-,34-/m0/s1. The fourth-order valence-corrected chi connectivity index (χ4v) is 8.70. The van der Waals surface area contributed by atoms with Crippen molar-refractivity contribution in [3.05, 3.63) is 47.5 Å². The summed E-state index contributed by atoms with van der Waals surface area (Å²) in [6.45, 7) is 14.5. The largest absolute Gasteiger partial charge is 0.496 e. The summed E-state index contributed by atoms with van der Waals surface area (Å²) in [5.74, 6) is 2.12. The van der Waals surface area contributed by atoms with Gasteiger partial charge in [-0.1, -0.05) is 39.0 Å². The molecule has 0 unspecified atom stereocenters. The zero-order valence-corrected chi connectivity index (χ0v) is 28.9. The molecule has 5 fully saturated rings. The molecule has 0 aromatic heterocycles. The first-order valence-corrected chi connectivity index (χ1v) is 17.3. The van der Waals surface area contributed by atoms with E-state index in [0.29, 0.717) is 36.3 Å². The number of aliphatic hydroxyl groups excluding tert-OH is 1. The molecule has 2 bridgehead atoms. The second-order valence-corrected chi connectivity index (χ2v) is 15.1. The Morgan fingerprint density at radius 1 is 1.17 bits per heavy atom. The third-order valence-corrected chi connectivity index (χ3v) is 11.8. The van der Waals surface area contributed by atoms with Crippen molar-refractivity contribution in [2.75, 3.05) is 58.9 Å². The van der Waals surface area contributed by atoms with Gasteiger partial charge in [-0.15, -0.1) is 0 Å². The summed E-state index contributed by atoms with van der Waals surface area (Å²) in [6, 6.07) is 12.5. The van der Waals surface area contributed by atoms with Gasteiger partial charge in [-0.05, 0) is 72.3 Å². The van der Waals surface area contributed by atoms with Crippen LogP contribution in [0.5, 0.6) is 5.75 Å². The van der Waals surface area contributed by atoms with Crippen molar-refractivity contribution in [2.45, 2.75) is 71.8 Å². The molecule has 5 aliphatic rings. The Balaban J connectivity index is 1.25. The van der Waals surface area contributed by atoms with Crippen LogP contribution in [0.3, 0.4) is 0 Å². The van der Waals surface area contributed by atoms with E-state index in [4.69, 9.17) is 9.57 Å². The molecule has 252 valence electrons. The topological polar surface area (TPSA) is 89.5 Å². The summed E-state index contributed by atoms with van der Waals surface area (Å²) >= 11 is 0. The molecule has 9 nitrogen and oxygen atoms in total. The van der Waals surface area contributed by atoms with Crippen molar-refractivity contribution < 1.29 is 19.5 Å². The molecule has 3 saturated carbocycles. The Bertz CT molecular complexity index is 1390. The van der Waals surface area contributed by atoms with Crippen LogP contribution in [0.1, 0.15) is 51.7 Å². The highest BCUT2D eigenvalue weighted by atomic mass is 16.7. The number of aliphatic hydroxyl groups is 1. The van der Waals surface area contributed by atoms with Crippen molar-refractivity contribution >= 4 is 11.6 Å². The number of hydrogen-bond donors (Lipinski definition) is 3. The summed E-state index contributed by atoms with van der Waals surface area (Å²) in [5.41, 5.74) is 5.82. The Hall–Kier alpha value is -2.69. The number of fused-ring (bicyclic) bond motifs is 2. The van der Waals surface area contributed by atoms with Crippen LogP contribution < -0.4 is 20.3 Å². The van der Waals surface area contributed by atoms with Crippen LogP contribution in [-0.2, 0) is 22.7 Å². The SMILES string of the molecule is COc1c(CN2OC[C@H]([C@H](C)O)[C@H]2C(=O)N[C@H]2C[C@H]3C[C@@H]([C@@H]2C)C3(C)C)cccc1-c1cc(CN2CCNCC2)cc(N(C)C)c1. The number of piperazine rings is 1. The maximum Gasteiger partial charge on any atom is 0.240 e. The number of hydroxylamine groups is 2. The highest BCUT2D eigenvalue weighted by molar-refractivity contribution is 5.83. The molecular weight excluding hydrogens is 578 g/mol. The first-order chi connectivity index (χ1) is 22.0. The molecule has 2 aliphatic heterocycles. The molecule has 2 aromatic carbocycles. The van der Waals surface area contributed by atoms with E-state index in [2.05, 4.69) is 85.6 Å². The fraction of sp³-hybridized carbons (Fsp3) is 0.649. The van der Waals surface area contributed by atoms with Gasteiger partial charge in [0.1, 0.15) is 11.8 Å². The Labute approximate surface area is 275 Å². The van der Waals surface area contributed by atoms with Crippen molar-refractivity contribution in [1.29, 1.82) is 0 Å². The van der Waals surface area contributed by atoms with E-state index in [1.807, 2.05) is 6.07 Å². The van der Waals surface area contributed by atoms with E-state index >= 15 is 0 Å². The average Bonchev–Trinajstić information content (AvgIpc) is 3.46. The smallest absolute Gasteiger partial charge is 0.240 e. The lowest BCUT2D eigenvalue weighted by atomic mass is 9.45. The van der Waals surface area contributed by atoms with E-state index in [-0.39, 0.29) is 17.9 Å². The number of anilines is 1. The molecule has 0 spiro atoms. The van der Waals surface area contributed by atoms with E-state index in [1.54, 1.807) is 19.1 Å². The number of nitrogens with zero attached hydrogens (tertiary/aromatic N) is 3. The number of benzene rings is 2. The van der Waals surface area contributed by atoms with Gasteiger partial charge in [0.15, 0.2) is 0 Å². The average molecular weight is 634 g/mol. The summed E-state index contributed by atoms with van der Waals surface area (Å²) in [4.78, 5) is 24.8. The van der Waals surface area contributed by atoms with Crippen LogP contribution in [-0.4, -0.2) is 93.2 Å². The van der Waals surface area contributed by atoms with Crippen LogP contribution in [0, 0.1) is 29.1 Å². The predicted molar refractivity (Wildman–Crippen MR) is 182 cm³/mol. The van der Waals surface area contributed by atoms with Crippen LogP contribution >= 0.6 is 0 Å². The summed E-state index contributed by atoms with van der Waals surface area (Å²) < 4.78 is 6.11. The minimum atomic E-state index is -0.673. The zero-order valence-electron chi connectivity index (χ0n) is 28.9. The van der Waals surface area contributed by atoms with Crippen LogP contribution in [0.4, 0.5) is 5.69 Å². The van der Waals surface area contributed by atoms with E-state index in [0.717, 1.165) is 67.3 Å². The Morgan fingerprint density at radius 3 is 2.59 bits per heavy atom. The van der Waals surface area contributed by atoms with Gasteiger partial charge in [0, 0.05) is 75.6 Å². The van der Waals surface area contributed by atoms with Gasteiger partial charge >= 0.3 is 0 Å². The quantitative estimate of drug-likeness (QED) is 0.360. The molecule has 3 aliphatic carbocycles. The number of carbonyl (C=O) groups is 1. The number of para-hydroxylation sites is 1. The lowest BCUT2D eigenvalue weighted by Gasteiger charge is -2.62. The minimum Gasteiger partial charge on any atom is -0.496 e. The number of ether oxygens (including phenoxy) is 1. The summed E-state index contributed by atoms with van der Waals surface area (Å²) in [6.07, 6.45) is 1.61. The maximum absolute atomic E-state index is 14.0. The van der Waals surface area contributed by atoms with E-state index in [1.165, 1.54) is 12.0 Å². The molecule has 7 atom stereocenters. The molecule has 0 radical (unpaired) electrons. The highest BCUT2D eigenvalue weighted by Crippen LogP contribution is 2.61. The molecule has 1 amide bonds. The zero-order chi connectivity index (χ0) is 32.7.